The van der Waals surface area contributed by atoms with E-state index in [1.54, 1.807) is 4.90 Å². The Kier molecular flexibility index (Phi) is 5.99. The highest BCUT2D eigenvalue weighted by Gasteiger charge is 2.58. The van der Waals surface area contributed by atoms with E-state index in [0.717, 1.165) is 12.0 Å². The number of carbonyl (C=O) groups excluding carboxylic acids is 2. The van der Waals surface area contributed by atoms with E-state index >= 15 is 0 Å². The molecule has 1 aromatic rings. The molecule has 3 aliphatic rings. The van der Waals surface area contributed by atoms with Crippen molar-refractivity contribution in [3.8, 4) is 0 Å². The molecule has 3 aliphatic heterocycles. The van der Waals surface area contributed by atoms with Crippen molar-refractivity contribution >= 4 is 11.8 Å². The van der Waals surface area contributed by atoms with Crippen LogP contribution in [0.1, 0.15) is 43.0 Å². The number of fused-ring (bicyclic) bond motifs is 1. The number of carbonyl (C=O) groups is 2. The van der Waals surface area contributed by atoms with Gasteiger partial charge in [0, 0.05) is 32.0 Å². The monoisotopic (exact) mass is 446 g/mol. The minimum Gasteiger partial charge on any atom is -0.342 e. The number of nitrogens with zero attached hydrogens (tertiary/aromatic N) is 2. The number of likely N-dealkylation sites (tertiary alicyclic amines) is 1. The number of piperidine rings is 1. The molecule has 1 aromatic carbocycles. The Hall–Kier alpha value is -2.87. The highest BCUT2D eigenvalue weighted by molar-refractivity contribution is 5.95. The summed E-state index contributed by atoms with van der Waals surface area (Å²) in [4.78, 5) is 29.1. The molecule has 0 unspecified atom stereocenters. The molecule has 3 saturated heterocycles. The smallest absolute Gasteiger partial charge is 0.257 e. The molecule has 2 atom stereocenters. The first-order valence-corrected chi connectivity index (χ1v) is 10.7. The molecule has 3 heterocycles. The summed E-state index contributed by atoms with van der Waals surface area (Å²) in [7, 11) is 0. The number of hydrogen-bond acceptors (Lipinski definition) is 3. The standard InChI is InChI=1S/C24H25F3N2O3/c1-3-4-5-6-15(2)20-7-8-21-29(20)23(31)24(32-21)9-11-28(12-10-24)22(30)16-13-18(26)19(27)14-17(16)25/h3-6,13-14,20-21H,2,7-12H2,1H3/b4-3-,6-5-/t20-,21+/m0/s1. The maximum Gasteiger partial charge on any atom is 0.257 e. The Labute approximate surface area is 184 Å². The molecule has 0 bridgehead atoms. The number of ether oxygens (including phenoxy) is 1. The van der Waals surface area contributed by atoms with Gasteiger partial charge < -0.3 is 14.5 Å². The number of halogens is 3. The first-order valence-electron chi connectivity index (χ1n) is 10.7. The SMILES string of the molecule is C=C(/C=C\C=C/C)[C@@H]1CC[C@H]2OC3(CCN(C(=O)c4cc(F)c(F)cc4F)CC3)C(=O)N21. The van der Waals surface area contributed by atoms with Gasteiger partial charge in [0.15, 0.2) is 17.2 Å². The molecular weight excluding hydrogens is 421 g/mol. The van der Waals surface area contributed by atoms with Crippen molar-refractivity contribution in [3.05, 3.63) is 71.6 Å². The van der Waals surface area contributed by atoms with Gasteiger partial charge in [-0.3, -0.25) is 9.59 Å². The van der Waals surface area contributed by atoms with Crippen molar-refractivity contribution in [2.45, 2.75) is 50.5 Å². The van der Waals surface area contributed by atoms with Crippen LogP contribution < -0.4 is 0 Å². The maximum absolute atomic E-state index is 14.0. The van der Waals surface area contributed by atoms with E-state index in [0.29, 0.717) is 18.6 Å². The summed E-state index contributed by atoms with van der Waals surface area (Å²) in [6, 6.07) is 0.802. The second kappa shape index (κ2) is 8.58. The van der Waals surface area contributed by atoms with Crippen LogP contribution in [0, 0.1) is 17.5 Å². The highest BCUT2D eigenvalue weighted by atomic mass is 19.2. The lowest BCUT2D eigenvalue weighted by Gasteiger charge is -2.37. The molecule has 8 heteroatoms. The Bertz CT molecular complexity index is 1010. The fourth-order valence-corrected chi connectivity index (χ4v) is 4.74. The Morgan fingerprint density at radius 3 is 2.50 bits per heavy atom. The van der Waals surface area contributed by atoms with Crippen LogP contribution in [0.2, 0.25) is 0 Å². The van der Waals surface area contributed by atoms with Gasteiger partial charge in [0.05, 0.1) is 11.6 Å². The van der Waals surface area contributed by atoms with Gasteiger partial charge in [0.2, 0.25) is 0 Å². The topological polar surface area (TPSA) is 49.9 Å². The lowest BCUT2D eigenvalue weighted by atomic mass is 9.89. The van der Waals surface area contributed by atoms with Gasteiger partial charge in [-0.1, -0.05) is 30.9 Å². The molecule has 5 nitrogen and oxygen atoms in total. The number of rotatable bonds is 4. The number of amides is 2. The van der Waals surface area contributed by atoms with Crippen molar-refractivity contribution in [2.24, 2.45) is 0 Å². The summed E-state index contributed by atoms with van der Waals surface area (Å²) in [6.45, 7) is 6.32. The molecule has 32 heavy (non-hydrogen) atoms. The summed E-state index contributed by atoms with van der Waals surface area (Å²) >= 11 is 0. The highest BCUT2D eigenvalue weighted by Crippen LogP contribution is 2.44. The van der Waals surface area contributed by atoms with E-state index in [-0.39, 0.29) is 44.1 Å². The third kappa shape index (κ3) is 3.77. The van der Waals surface area contributed by atoms with Crippen LogP contribution in [0.25, 0.3) is 0 Å². The molecule has 0 saturated carbocycles. The first-order chi connectivity index (χ1) is 15.3. The molecule has 0 radical (unpaired) electrons. The van der Waals surface area contributed by atoms with Crippen LogP contribution in [0.3, 0.4) is 0 Å². The molecule has 0 aromatic heterocycles. The summed E-state index contributed by atoms with van der Waals surface area (Å²) in [5, 5.41) is 0. The van der Waals surface area contributed by atoms with E-state index in [4.69, 9.17) is 4.74 Å². The zero-order valence-electron chi connectivity index (χ0n) is 17.8. The van der Waals surface area contributed by atoms with Gasteiger partial charge >= 0.3 is 0 Å². The van der Waals surface area contributed by atoms with Crippen LogP contribution in [-0.2, 0) is 9.53 Å². The van der Waals surface area contributed by atoms with Gasteiger partial charge in [-0.2, -0.15) is 0 Å². The van der Waals surface area contributed by atoms with Crippen molar-refractivity contribution in [1.82, 2.24) is 9.80 Å². The summed E-state index contributed by atoms with van der Waals surface area (Å²) in [5.74, 6) is -4.60. The van der Waals surface area contributed by atoms with Gasteiger partial charge in [-0.15, -0.1) is 0 Å². The third-order valence-corrected chi connectivity index (χ3v) is 6.46. The first kappa shape index (κ1) is 22.3. The molecule has 3 fully saturated rings. The fraction of sp³-hybridized carbons (Fsp3) is 0.417. The van der Waals surface area contributed by atoms with Crippen LogP contribution in [0.4, 0.5) is 13.2 Å². The van der Waals surface area contributed by atoms with Crippen molar-refractivity contribution < 1.29 is 27.5 Å². The van der Waals surface area contributed by atoms with E-state index < -0.39 is 34.5 Å². The van der Waals surface area contributed by atoms with Gasteiger partial charge in [-0.05, 0) is 31.4 Å². The van der Waals surface area contributed by atoms with Crippen LogP contribution >= 0.6 is 0 Å². The number of hydrogen-bond donors (Lipinski definition) is 0. The second-order valence-corrected chi connectivity index (χ2v) is 8.37. The second-order valence-electron chi connectivity index (χ2n) is 8.37. The van der Waals surface area contributed by atoms with Gasteiger partial charge in [0.1, 0.15) is 12.0 Å². The average molecular weight is 446 g/mol. The van der Waals surface area contributed by atoms with Crippen molar-refractivity contribution in [1.29, 1.82) is 0 Å². The lowest BCUT2D eigenvalue weighted by Crippen LogP contribution is -2.52. The predicted octanol–water partition coefficient (Wildman–Crippen LogP) is 4.11. The quantitative estimate of drug-likeness (QED) is 0.517. The molecule has 0 N–H and O–H groups in total. The fourth-order valence-electron chi connectivity index (χ4n) is 4.74. The zero-order valence-corrected chi connectivity index (χ0v) is 17.8. The van der Waals surface area contributed by atoms with Crippen LogP contribution in [0.15, 0.2) is 48.6 Å². The molecular formula is C24H25F3N2O3. The Morgan fingerprint density at radius 1 is 1.12 bits per heavy atom. The summed E-state index contributed by atoms with van der Waals surface area (Å²) < 4.78 is 46.9. The number of benzene rings is 1. The normalized spacial score (nSPS) is 24.8. The summed E-state index contributed by atoms with van der Waals surface area (Å²) in [5.41, 5.74) is -0.718. The predicted molar refractivity (Wildman–Crippen MR) is 112 cm³/mol. The average Bonchev–Trinajstić information content (AvgIpc) is 3.29. The Balaban J connectivity index is 1.45. The van der Waals surface area contributed by atoms with Crippen LogP contribution in [-0.4, -0.2) is 52.6 Å². The van der Waals surface area contributed by atoms with E-state index in [1.165, 1.54) is 4.90 Å². The minimum atomic E-state index is -1.35. The summed E-state index contributed by atoms with van der Waals surface area (Å²) in [6.07, 6.45) is 9.23. The van der Waals surface area contributed by atoms with Gasteiger partial charge in [-0.25, -0.2) is 13.2 Å². The third-order valence-electron chi connectivity index (χ3n) is 6.46. The van der Waals surface area contributed by atoms with Gasteiger partial charge in [0.25, 0.3) is 11.8 Å². The van der Waals surface area contributed by atoms with Crippen molar-refractivity contribution in [2.75, 3.05) is 13.1 Å². The van der Waals surface area contributed by atoms with E-state index in [1.807, 2.05) is 31.2 Å². The largest absolute Gasteiger partial charge is 0.342 e. The lowest BCUT2D eigenvalue weighted by molar-refractivity contribution is -0.142. The van der Waals surface area contributed by atoms with Crippen molar-refractivity contribution in [3.63, 3.8) is 0 Å². The molecule has 4 rings (SSSR count). The molecule has 170 valence electrons. The van der Waals surface area contributed by atoms with E-state index in [2.05, 4.69) is 6.58 Å². The van der Waals surface area contributed by atoms with Crippen LogP contribution in [0.5, 0.6) is 0 Å². The number of allylic oxidation sites excluding steroid dienone is 3. The Morgan fingerprint density at radius 2 is 1.81 bits per heavy atom. The molecule has 0 aliphatic carbocycles. The van der Waals surface area contributed by atoms with E-state index in [9.17, 15) is 22.8 Å². The minimum absolute atomic E-state index is 0.114. The molecule has 1 spiro atoms. The molecule has 2 amide bonds. The zero-order chi connectivity index (χ0) is 23.0. The maximum atomic E-state index is 14.0.